The van der Waals surface area contributed by atoms with Crippen LogP contribution in [-0.2, 0) is 13.6 Å². The molecule has 2 aromatic heterocycles. The van der Waals surface area contributed by atoms with E-state index in [-0.39, 0.29) is 0 Å². The molecule has 1 aliphatic carbocycles. The summed E-state index contributed by atoms with van der Waals surface area (Å²) in [4.78, 5) is 11.2. The van der Waals surface area contributed by atoms with Crippen molar-refractivity contribution in [2.75, 3.05) is 0 Å². The zero-order valence-corrected chi connectivity index (χ0v) is 9.05. The minimum absolute atomic E-state index is 0.370. The molecule has 0 amide bonds. The number of fused-ring (bicyclic) bond motifs is 1. The average Bonchev–Trinajstić information content (AvgIpc) is 2.85. The molecule has 0 bridgehead atoms. The third-order valence-electron chi connectivity index (χ3n) is 3.13. The van der Waals surface area contributed by atoms with Crippen molar-refractivity contribution in [2.45, 2.75) is 19.4 Å². The molecule has 0 spiro atoms. The fourth-order valence-electron chi connectivity index (χ4n) is 2.14. The number of hydrogen-bond donors (Lipinski definition) is 1. The van der Waals surface area contributed by atoms with Gasteiger partial charge in [-0.05, 0) is 24.8 Å². The Hall–Kier alpha value is -1.78. The van der Waals surface area contributed by atoms with E-state index in [1.165, 1.54) is 12.8 Å². The number of aryl methyl sites for hydroxylation is 1. The van der Waals surface area contributed by atoms with Crippen molar-refractivity contribution in [3.05, 3.63) is 18.0 Å². The molecule has 1 aliphatic rings. The zero-order chi connectivity index (χ0) is 11.3. The third-order valence-corrected chi connectivity index (χ3v) is 3.13. The Balaban J connectivity index is 2.19. The van der Waals surface area contributed by atoms with Gasteiger partial charge in [0.2, 0.25) is 0 Å². The second-order valence-corrected chi connectivity index (χ2v) is 4.44. The standard InChI is InChI=1S/C11H13N3O2/c1-13-10-8(5-12-13)4-9(11(15)16)14(10)6-7-2-3-7/h4-5,7H,2-3,6H2,1H3,(H,15,16). The van der Waals surface area contributed by atoms with Gasteiger partial charge in [-0.15, -0.1) is 0 Å². The van der Waals surface area contributed by atoms with Crippen LogP contribution in [0.3, 0.4) is 0 Å². The van der Waals surface area contributed by atoms with Crippen LogP contribution in [0.1, 0.15) is 23.3 Å². The smallest absolute Gasteiger partial charge is 0.352 e. The van der Waals surface area contributed by atoms with Crippen LogP contribution in [0.2, 0.25) is 0 Å². The van der Waals surface area contributed by atoms with Crippen molar-refractivity contribution < 1.29 is 9.90 Å². The Labute approximate surface area is 92.3 Å². The average molecular weight is 219 g/mol. The van der Waals surface area contributed by atoms with Crippen molar-refractivity contribution >= 4 is 17.0 Å². The van der Waals surface area contributed by atoms with Gasteiger partial charge in [0.05, 0.1) is 6.20 Å². The Morgan fingerprint density at radius 3 is 3.00 bits per heavy atom. The minimum atomic E-state index is -0.864. The van der Waals surface area contributed by atoms with Gasteiger partial charge in [0, 0.05) is 19.0 Å². The van der Waals surface area contributed by atoms with Crippen LogP contribution in [-0.4, -0.2) is 25.4 Å². The summed E-state index contributed by atoms with van der Waals surface area (Å²) in [7, 11) is 1.84. The van der Waals surface area contributed by atoms with Crippen molar-refractivity contribution in [2.24, 2.45) is 13.0 Å². The lowest BCUT2D eigenvalue weighted by Gasteiger charge is -2.07. The van der Waals surface area contributed by atoms with E-state index in [2.05, 4.69) is 5.10 Å². The molecule has 0 atom stereocenters. The van der Waals surface area contributed by atoms with Crippen LogP contribution >= 0.6 is 0 Å². The van der Waals surface area contributed by atoms with Crippen LogP contribution < -0.4 is 0 Å². The largest absolute Gasteiger partial charge is 0.477 e. The Morgan fingerprint density at radius 2 is 2.38 bits per heavy atom. The van der Waals surface area contributed by atoms with Crippen LogP contribution in [0.15, 0.2) is 12.3 Å². The highest BCUT2D eigenvalue weighted by atomic mass is 16.4. The molecule has 16 heavy (non-hydrogen) atoms. The molecule has 84 valence electrons. The van der Waals surface area contributed by atoms with Crippen LogP contribution in [0.5, 0.6) is 0 Å². The summed E-state index contributed by atoms with van der Waals surface area (Å²) in [6.45, 7) is 0.796. The van der Waals surface area contributed by atoms with Gasteiger partial charge in [0.15, 0.2) is 0 Å². The summed E-state index contributed by atoms with van der Waals surface area (Å²) >= 11 is 0. The molecular formula is C11H13N3O2. The van der Waals surface area contributed by atoms with Crippen LogP contribution in [0.25, 0.3) is 11.0 Å². The Bertz CT molecular complexity index is 563. The van der Waals surface area contributed by atoms with Gasteiger partial charge in [-0.3, -0.25) is 4.68 Å². The number of aromatic nitrogens is 3. The Morgan fingerprint density at radius 1 is 1.62 bits per heavy atom. The first-order valence-corrected chi connectivity index (χ1v) is 5.41. The molecule has 1 saturated carbocycles. The van der Waals surface area contributed by atoms with Crippen molar-refractivity contribution in [1.82, 2.24) is 14.3 Å². The predicted molar refractivity (Wildman–Crippen MR) is 58.4 cm³/mol. The lowest BCUT2D eigenvalue weighted by molar-refractivity contribution is 0.0685. The van der Waals surface area contributed by atoms with Crippen molar-refractivity contribution in [3.8, 4) is 0 Å². The van der Waals surface area contributed by atoms with Gasteiger partial charge < -0.3 is 9.67 Å². The molecule has 2 aromatic rings. The van der Waals surface area contributed by atoms with Crippen LogP contribution in [0, 0.1) is 5.92 Å². The number of nitrogens with zero attached hydrogens (tertiary/aromatic N) is 3. The number of carboxylic acid groups (broad SMARTS) is 1. The molecule has 5 heteroatoms. The van der Waals surface area contributed by atoms with Crippen molar-refractivity contribution in [1.29, 1.82) is 0 Å². The Kier molecular flexibility index (Phi) is 1.83. The summed E-state index contributed by atoms with van der Waals surface area (Å²) in [5.41, 5.74) is 1.28. The van der Waals surface area contributed by atoms with Gasteiger partial charge in [-0.2, -0.15) is 5.10 Å². The molecule has 0 unspecified atom stereocenters. The van der Waals surface area contributed by atoms with Crippen molar-refractivity contribution in [3.63, 3.8) is 0 Å². The molecule has 0 aromatic carbocycles. The van der Waals surface area contributed by atoms with E-state index in [9.17, 15) is 4.79 Å². The van der Waals surface area contributed by atoms with Gasteiger partial charge in [0.25, 0.3) is 0 Å². The molecule has 3 rings (SSSR count). The molecule has 2 heterocycles. The maximum Gasteiger partial charge on any atom is 0.352 e. The number of carboxylic acids is 1. The first kappa shape index (κ1) is 9.45. The highest BCUT2D eigenvalue weighted by Crippen LogP contribution is 2.33. The first-order valence-electron chi connectivity index (χ1n) is 5.41. The van der Waals surface area contributed by atoms with E-state index >= 15 is 0 Å². The first-order chi connectivity index (χ1) is 7.66. The number of carbonyl (C=O) groups is 1. The van der Waals surface area contributed by atoms with Gasteiger partial charge in [-0.1, -0.05) is 0 Å². The second-order valence-electron chi connectivity index (χ2n) is 4.44. The molecule has 0 radical (unpaired) electrons. The normalized spacial score (nSPS) is 15.8. The minimum Gasteiger partial charge on any atom is -0.477 e. The van der Waals surface area contributed by atoms with E-state index in [0.29, 0.717) is 11.6 Å². The lowest BCUT2D eigenvalue weighted by Crippen LogP contribution is -2.11. The number of hydrogen-bond acceptors (Lipinski definition) is 2. The number of rotatable bonds is 3. The summed E-state index contributed by atoms with van der Waals surface area (Å²) in [6, 6.07) is 1.70. The maximum atomic E-state index is 11.2. The number of aromatic carboxylic acids is 1. The third kappa shape index (κ3) is 1.31. The summed E-state index contributed by atoms with van der Waals surface area (Å²) < 4.78 is 3.62. The van der Waals surface area contributed by atoms with E-state index in [0.717, 1.165) is 17.6 Å². The van der Waals surface area contributed by atoms with E-state index in [4.69, 9.17) is 5.11 Å². The lowest BCUT2D eigenvalue weighted by atomic mass is 10.3. The molecule has 1 fully saturated rings. The molecule has 5 nitrogen and oxygen atoms in total. The quantitative estimate of drug-likeness (QED) is 0.850. The molecule has 0 aliphatic heterocycles. The fraction of sp³-hybridized carbons (Fsp3) is 0.455. The topological polar surface area (TPSA) is 60.1 Å². The van der Waals surface area contributed by atoms with Gasteiger partial charge >= 0.3 is 5.97 Å². The maximum absolute atomic E-state index is 11.2. The van der Waals surface area contributed by atoms with Gasteiger partial charge in [0.1, 0.15) is 11.3 Å². The van der Waals surface area contributed by atoms with E-state index in [1.54, 1.807) is 16.9 Å². The van der Waals surface area contributed by atoms with Crippen LogP contribution in [0.4, 0.5) is 0 Å². The van der Waals surface area contributed by atoms with E-state index in [1.807, 2.05) is 11.6 Å². The molecular weight excluding hydrogens is 206 g/mol. The summed E-state index contributed by atoms with van der Waals surface area (Å²) in [5.74, 6) is -0.222. The SMILES string of the molecule is Cn1ncc2cc(C(=O)O)n(CC3CC3)c21. The summed E-state index contributed by atoms with van der Waals surface area (Å²) in [6.07, 6.45) is 4.12. The van der Waals surface area contributed by atoms with Gasteiger partial charge in [-0.25, -0.2) is 4.79 Å². The molecule has 0 saturated heterocycles. The molecule has 1 N–H and O–H groups in total. The van der Waals surface area contributed by atoms with E-state index < -0.39 is 5.97 Å². The monoisotopic (exact) mass is 219 g/mol. The zero-order valence-electron chi connectivity index (χ0n) is 9.05. The highest BCUT2D eigenvalue weighted by Gasteiger charge is 2.26. The second kappa shape index (κ2) is 3.10. The fourth-order valence-corrected chi connectivity index (χ4v) is 2.14. The highest BCUT2D eigenvalue weighted by molar-refractivity contribution is 5.93. The predicted octanol–water partition coefficient (Wildman–Crippen LogP) is 1.48. The summed E-state index contributed by atoms with van der Waals surface area (Å²) in [5, 5.41) is 14.2.